The Bertz CT molecular complexity index is 1180. The van der Waals surface area contributed by atoms with Crippen LogP contribution in [0.25, 0.3) is 11.2 Å². The van der Waals surface area contributed by atoms with Crippen molar-refractivity contribution in [1.29, 1.82) is 0 Å². The molecule has 3 aromatic rings. The van der Waals surface area contributed by atoms with Crippen LogP contribution < -0.4 is 21.3 Å². The zero-order valence-corrected chi connectivity index (χ0v) is 18.3. The lowest BCUT2D eigenvalue weighted by Crippen LogP contribution is -2.37. The predicted octanol–water partition coefficient (Wildman–Crippen LogP) is 1.97. The summed E-state index contributed by atoms with van der Waals surface area (Å²) in [4.78, 5) is 41.8. The van der Waals surface area contributed by atoms with Crippen molar-refractivity contribution in [3.63, 3.8) is 0 Å². The molecule has 1 amide bonds. The van der Waals surface area contributed by atoms with Crippen molar-refractivity contribution in [2.24, 2.45) is 14.1 Å². The molecule has 3 rings (SSSR count). The average molecular weight is 432 g/mol. The van der Waals surface area contributed by atoms with Gasteiger partial charge in [-0.05, 0) is 37.6 Å². The molecule has 9 nitrogen and oxygen atoms in total. The molecule has 0 saturated heterocycles. The third-order valence-corrected chi connectivity index (χ3v) is 5.52. The largest absolute Gasteiger partial charge is 0.494 e. The lowest BCUT2D eigenvalue weighted by Gasteiger charge is -2.09. The van der Waals surface area contributed by atoms with Gasteiger partial charge in [0.25, 0.3) is 5.56 Å². The highest BCUT2D eigenvalue weighted by Gasteiger charge is 2.19. The van der Waals surface area contributed by atoms with Gasteiger partial charge in [0, 0.05) is 26.3 Å². The molecule has 0 bridgehead atoms. The van der Waals surface area contributed by atoms with Crippen molar-refractivity contribution < 1.29 is 9.53 Å². The molecule has 2 aromatic heterocycles. The van der Waals surface area contributed by atoms with Crippen LogP contribution in [0.1, 0.15) is 20.3 Å². The SMILES string of the molecule is CCCn1c(SCC(=O)Nc2ccc(OCC)cc2)nc2c1c(=O)n(C)c(=O)n2C. The fraction of sp³-hybridized carbons (Fsp3) is 0.400. The van der Waals surface area contributed by atoms with Gasteiger partial charge < -0.3 is 14.6 Å². The van der Waals surface area contributed by atoms with Crippen LogP contribution in [-0.4, -0.2) is 37.0 Å². The van der Waals surface area contributed by atoms with Crippen molar-refractivity contribution in [2.75, 3.05) is 17.7 Å². The molecular weight excluding hydrogens is 406 g/mol. The summed E-state index contributed by atoms with van der Waals surface area (Å²) in [6, 6.07) is 7.14. The minimum atomic E-state index is -0.432. The number of imidazole rings is 1. The first-order valence-electron chi connectivity index (χ1n) is 9.69. The van der Waals surface area contributed by atoms with Crippen LogP contribution in [-0.2, 0) is 25.4 Å². The van der Waals surface area contributed by atoms with E-state index in [0.29, 0.717) is 35.2 Å². The summed E-state index contributed by atoms with van der Waals surface area (Å²) < 4.78 is 9.60. The van der Waals surface area contributed by atoms with E-state index in [2.05, 4.69) is 10.3 Å². The monoisotopic (exact) mass is 431 g/mol. The summed E-state index contributed by atoms with van der Waals surface area (Å²) in [6.45, 7) is 5.04. The summed E-state index contributed by atoms with van der Waals surface area (Å²) in [7, 11) is 3.03. The van der Waals surface area contributed by atoms with E-state index in [9.17, 15) is 14.4 Å². The summed E-state index contributed by atoms with van der Waals surface area (Å²) in [5, 5.41) is 3.37. The highest BCUT2D eigenvalue weighted by Crippen LogP contribution is 2.23. The quantitative estimate of drug-likeness (QED) is 0.548. The smallest absolute Gasteiger partial charge is 0.332 e. The normalized spacial score (nSPS) is 11.1. The second kappa shape index (κ2) is 9.21. The number of ether oxygens (including phenoxy) is 1. The average Bonchev–Trinajstić information content (AvgIpc) is 3.09. The van der Waals surface area contributed by atoms with Crippen LogP contribution >= 0.6 is 11.8 Å². The maximum atomic E-state index is 12.7. The highest BCUT2D eigenvalue weighted by atomic mass is 32.2. The molecule has 0 aliphatic carbocycles. The molecule has 1 aromatic carbocycles. The van der Waals surface area contributed by atoms with Gasteiger partial charge in [-0.2, -0.15) is 0 Å². The van der Waals surface area contributed by atoms with E-state index in [1.807, 2.05) is 13.8 Å². The van der Waals surface area contributed by atoms with Crippen LogP contribution in [0.4, 0.5) is 5.69 Å². The highest BCUT2D eigenvalue weighted by molar-refractivity contribution is 7.99. The second-order valence-electron chi connectivity index (χ2n) is 6.72. The number of aromatic nitrogens is 4. The number of carbonyl (C=O) groups is 1. The molecule has 0 aliphatic heterocycles. The van der Waals surface area contributed by atoms with Crippen LogP contribution in [0.15, 0.2) is 39.0 Å². The van der Waals surface area contributed by atoms with Gasteiger partial charge in [0.2, 0.25) is 5.91 Å². The molecule has 30 heavy (non-hydrogen) atoms. The van der Waals surface area contributed by atoms with Gasteiger partial charge in [-0.15, -0.1) is 0 Å². The molecule has 10 heteroatoms. The first-order chi connectivity index (χ1) is 14.4. The Labute approximate surface area is 177 Å². The number of rotatable bonds is 8. The number of carbonyl (C=O) groups excluding carboxylic acids is 1. The number of amides is 1. The standard InChI is InChI=1S/C20H25N5O4S/c1-5-11-25-16-17(23(3)20(28)24(4)18(16)27)22-19(25)30-12-15(26)21-13-7-9-14(10-8-13)29-6-2/h7-10H,5-6,11-12H2,1-4H3,(H,21,26). The Hall–Kier alpha value is -3.01. The molecule has 0 saturated carbocycles. The predicted molar refractivity (Wildman–Crippen MR) is 117 cm³/mol. The topological polar surface area (TPSA) is 100 Å². The molecule has 0 unspecified atom stereocenters. The number of aryl methyl sites for hydroxylation is 2. The third kappa shape index (κ3) is 4.28. The molecule has 160 valence electrons. The molecule has 0 radical (unpaired) electrons. The van der Waals surface area contributed by atoms with Crippen LogP contribution in [0.5, 0.6) is 5.75 Å². The minimum Gasteiger partial charge on any atom is -0.494 e. The Kier molecular flexibility index (Phi) is 6.66. The van der Waals surface area contributed by atoms with Crippen molar-refractivity contribution in [1.82, 2.24) is 18.7 Å². The molecule has 0 aliphatic rings. The summed E-state index contributed by atoms with van der Waals surface area (Å²) >= 11 is 1.23. The number of fused-ring (bicyclic) bond motifs is 1. The van der Waals surface area contributed by atoms with Gasteiger partial charge in [0.15, 0.2) is 16.3 Å². The molecule has 0 atom stereocenters. The van der Waals surface area contributed by atoms with Gasteiger partial charge in [-0.25, -0.2) is 9.78 Å². The fourth-order valence-electron chi connectivity index (χ4n) is 3.10. The van der Waals surface area contributed by atoms with E-state index in [0.717, 1.165) is 16.7 Å². The van der Waals surface area contributed by atoms with Crippen molar-refractivity contribution in [2.45, 2.75) is 32.0 Å². The van der Waals surface area contributed by atoms with Crippen LogP contribution in [0.2, 0.25) is 0 Å². The molecule has 1 N–H and O–H groups in total. The second-order valence-corrected chi connectivity index (χ2v) is 7.66. The summed E-state index contributed by atoms with van der Waals surface area (Å²) in [5.74, 6) is 0.667. The van der Waals surface area contributed by atoms with E-state index in [1.54, 1.807) is 35.9 Å². The number of hydrogen-bond donors (Lipinski definition) is 1. The lowest BCUT2D eigenvalue weighted by molar-refractivity contribution is -0.113. The van der Waals surface area contributed by atoms with E-state index in [4.69, 9.17) is 4.74 Å². The maximum Gasteiger partial charge on any atom is 0.332 e. The first kappa shape index (κ1) is 21.7. The molecule has 0 spiro atoms. The van der Waals surface area contributed by atoms with Crippen LogP contribution in [0.3, 0.4) is 0 Å². The van der Waals surface area contributed by atoms with Crippen LogP contribution in [0, 0.1) is 0 Å². The molecular formula is C20H25N5O4S. The van der Waals surface area contributed by atoms with E-state index < -0.39 is 5.69 Å². The van der Waals surface area contributed by atoms with Gasteiger partial charge in [0.05, 0.1) is 12.4 Å². The summed E-state index contributed by atoms with van der Waals surface area (Å²) in [6.07, 6.45) is 0.781. The van der Waals surface area contributed by atoms with Gasteiger partial charge in [-0.3, -0.25) is 18.7 Å². The minimum absolute atomic E-state index is 0.120. The number of nitrogens with zero attached hydrogens (tertiary/aromatic N) is 4. The molecule has 0 fully saturated rings. The zero-order chi connectivity index (χ0) is 21.8. The van der Waals surface area contributed by atoms with E-state index in [-0.39, 0.29) is 17.2 Å². The van der Waals surface area contributed by atoms with Crippen molar-refractivity contribution >= 4 is 34.5 Å². The van der Waals surface area contributed by atoms with Gasteiger partial charge in [-0.1, -0.05) is 18.7 Å². The summed E-state index contributed by atoms with van der Waals surface area (Å²) in [5.41, 5.74) is 0.544. The van der Waals surface area contributed by atoms with Crippen molar-refractivity contribution in [3.8, 4) is 5.75 Å². The lowest BCUT2D eigenvalue weighted by atomic mass is 10.3. The number of anilines is 1. The fourth-order valence-corrected chi connectivity index (χ4v) is 3.92. The number of benzene rings is 1. The first-order valence-corrected chi connectivity index (χ1v) is 10.7. The van der Waals surface area contributed by atoms with Gasteiger partial charge in [0.1, 0.15) is 5.75 Å². The van der Waals surface area contributed by atoms with E-state index in [1.165, 1.54) is 23.4 Å². The van der Waals surface area contributed by atoms with Crippen molar-refractivity contribution in [3.05, 3.63) is 45.1 Å². The Morgan fingerprint density at radius 3 is 2.47 bits per heavy atom. The third-order valence-electron chi connectivity index (χ3n) is 4.54. The van der Waals surface area contributed by atoms with E-state index >= 15 is 0 Å². The number of hydrogen-bond acceptors (Lipinski definition) is 6. The number of nitrogens with one attached hydrogen (secondary N) is 1. The maximum absolute atomic E-state index is 12.7. The Balaban J connectivity index is 1.81. The van der Waals surface area contributed by atoms with Gasteiger partial charge >= 0.3 is 5.69 Å². The number of thioether (sulfide) groups is 1. The zero-order valence-electron chi connectivity index (χ0n) is 17.5. The Morgan fingerprint density at radius 1 is 1.13 bits per heavy atom. The molecule has 2 heterocycles. The Morgan fingerprint density at radius 2 is 1.83 bits per heavy atom.